The number of nitrogens with zero attached hydrogens (tertiary/aromatic N) is 2. The molecular weight excluding hydrogens is 272 g/mol. The van der Waals surface area contributed by atoms with Crippen LogP contribution in [0.25, 0.3) is 0 Å². The summed E-state index contributed by atoms with van der Waals surface area (Å²) in [5, 5.41) is 8.80. The number of ether oxygens (including phenoxy) is 1. The van der Waals surface area contributed by atoms with Crippen LogP contribution in [0.2, 0.25) is 0 Å². The molecule has 1 aliphatic heterocycles. The van der Waals surface area contributed by atoms with E-state index in [0.29, 0.717) is 31.9 Å². The van der Waals surface area contributed by atoms with E-state index >= 15 is 0 Å². The van der Waals surface area contributed by atoms with E-state index in [4.69, 9.17) is 9.84 Å². The second-order valence-electron chi connectivity index (χ2n) is 5.01. The largest absolute Gasteiger partial charge is 0.484 e. The summed E-state index contributed by atoms with van der Waals surface area (Å²) in [6.45, 7) is 2.53. The molecule has 0 spiro atoms. The average Bonchev–Trinajstić information content (AvgIpc) is 2.71. The number of benzene rings is 1. The summed E-state index contributed by atoms with van der Waals surface area (Å²) >= 11 is 0. The van der Waals surface area contributed by atoms with Gasteiger partial charge in [0, 0.05) is 26.2 Å². The number of carbonyl (C=O) groups is 2. The average molecular weight is 292 g/mol. The van der Waals surface area contributed by atoms with Gasteiger partial charge in [-0.2, -0.15) is 0 Å². The van der Waals surface area contributed by atoms with E-state index in [2.05, 4.69) is 0 Å². The molecule has 0 aliphatic carbocycles. The second kappa shape index (κ2) is 7.64. The number of hydrogen-bond acceptors (Lipinski definition) is 4. The third-order valence-electron chi connectivity index (χ3n) is 3.41. The Bertz CT molecular complexity index is 478. The van der Waals surface area contributed by atoms with Crippen molar-refractivity contribution in [3.8, 4) is 5.75 Å². The Hall–Kier alpha value is -2.08. The topological polar surface area (TPSA) is 70.1 Å². The van der Waals surface area contributed by atoms with E-state index in [-0.39, 0.29) is 19.1 Å². The molecule has 1 heterocycles. The van der Waals surface area contributed by atoms with Crippen LogP contribution in [0.5, 0.6) is 5.75 Å². The fourth-order valence-electron chi connectivity index (χ4n) is 2.32. The van der Waals surface area contributed by atoms with Gasteiger partial charge in [-0.05, 0) is 18.6 Å². The molecule has 1 N–H and O–H groups in total. The molecular formula is C15H20N2O4. The van der Waals surface area contributed by atoms with Crippen LogP contribution in [0.3, 0.4) is 0 Å². The summed E-state index contributed by atoms with van der Waals surface area (Å²) in [4.78, 5) is 26.4. The lowest BCUT2D eigenvalue weighted by molar-refractivity contribution is -0.138. The molecule has 1 amide bonds. The lowest BCUT2D eigenvalue weighted by Crippen LogP contribution is -2.38. The van der Waals surface area contributed by atoms with Crippen LogP contribution in [0.1, 0.15) is 6.42 Å². The van der Waals surface area contributed by atoms with Gasteiger partial charge in [0.1, 0.15) is 5.75 Å². The van der Waals surface area contributed by atoms with E-state index in [1.807, 2.05) is 35.2 Å². The first-order valence-electron chi connectivity index (χ1n) is 7.05. The third-order valence-corrected chi connectivity index (χ3v) is 3.41. The monoisotopic (exact) mass is 292 g/mol. The third kappa shape index (κ3) is 5.07. The molecule has 6 heteroatoms. The van der Waals surface area contributed by atoms with Gasteiger partial charge in [0.25, 0.3) is 5.91 Å². The van der Waals surface area contributed by atoms with Crippen LogP contribution in [0.15, 0.2) is 30.3 Å². The fraction of sp³-hybridized carbons (Fsp3) is 0.467. The summed E-state index contributed by atoms with van der Waals surface area (Å²) in [6, 6.07) is 9.22. The van der Waals surface area contributed by atoms with Crippen LogP contribution >= 0.6 is 0 Å². The Morgan fingerprint density at radius 2 is 1.86 bits per heavy atom. The molecule has 1 aromatic rings. The van der Waals surface area contributed by atoms with Crippen LogP contribution in [-0.4, -0.2) is 66.1 Å². The minimum absolute atomic E-state index is 0.0168. The maximum absolute atomic E-state index is 12.1. The Labute approximate surface area is 123 Å². The highest BCUT2D eigenvalue weighted by Crippen LogP contribution is 2.09. The van der Waals surface area contributed by atoms with E-state index < -0.39 is 5.97 Å². The van der Waals surface area contributed by atoms with Crippen LogP contribution in [0.4, 0.5) is 0 Å². The predicted octanol–water partition coefficient (Wildman–Crippen LogP) is 0.684. The van der Waals surface area contributed by atoms with Crippen molar-refractivity contribution < 1.29 is 19.4 Å². The van der Waals surface area contributed by atoms with Crippen molar-refractivity contribution in [2.45, 2.75) is 6.42 Å². The minimum Gasteiger partial charge on any atom is -0.484 e. The summed E-state index contributed by atoms with van der Waals surface area (Å²) in [5.74, 6) is -0.216. The van der Waals surface area contributed by atoms with Gasteiger partial charge in [-0.15, -0.1) is 0 Å². The van der Waals surface area contributed by atoms with Gasteiger partial charge in [0.15, 0.2) is 6.61 Å². The number of carboxylic acid groups (broad SMARTS) is 1. The molecule has 0 atom stereocenters. The zero-order chi connectivity index (χ0) is 15.1. The van der Waals surface area contributed by atoms with Crippen molar-refractivity contribution in [2.75, 3.05) is 39.3 Å². The Morgan fingerprint density at radius 1 is 1.10 bits per heavy atom. The number of para-hydroxylation sites is 1. The van der Waals surface area contributed by atoms with Gasteiger partial charge in [-0.3, -0.25) is 14.5 Å². The molecule has 1 aliphatic rings. The fourth-order valence-corrected chi connectivity index (χ4v) is 2.32. The molecule has 0 bridgehead atoms. The van der Waals surface area contributed by atoms with E-state index in [9.17, 15) is 9.59 Å². The molecule has 1 saturated heterocycles. The van der Waals surface area contributed by atoms with Crippen molar-refractivity contribution in [1.29, 1.82) is 0 Å². The number of carbonyl (C=O) groups excluding carboxylic acids is 1. The molecule has 114 valence electrons. The lowest BCUT2D eigenvalue weighted by Gasteiger charge is -2.21. The molecule has 0 saturated carbocycles. The molecule has 0 unspecified atom stereocenters. The summed E-state index contributed by atoms with van der Waals surface area (Å²) in [7, 11) is 0. The highest BCUT2D eigenvalue weighted by Gasteiger charge is 2.20. The molecule has 6 nitrogen and oxygen atoms in total. The highest BCUT2D eigenvalue weighted by atomic mass is 16.5. The number of rotatable bonds is 5. The molecule has 21 heavy (non-hydrogen) atoms. The van der Waals surface area contributed by atoms with Crippen molar-refractivity contribution in [3.63, 3.8) is 0 Å². The summed E-state index contributed by atoms with van der Waals surface area (Å²) in [5.41, 5.74) is 0. The number of carboxylic acids is 1. The van der Waals surface area contributed by atoms with Crippen LogP contribution in [0, 0.1) is 0 Å². The number of amides is 1. The van der Waals surface area contributed by atoms with Gasteiger partial charge in [0.2, 0.25) is 0 Å². The van der Waals surface area contributed by atoms with Crippen molar-refractivity contribution in [2.24, 2.45) is 0 Å². The Balaban J connectivity index is 1.79. The molecule has 1 aromatic carbocycles. The van der Waals surface area contributed by atoms with E-state index in [0.717, 1.165) is 6.42 Å². The quantitative estimate of drug-likeness (QED) is 0.864. The van der Waals surface area contributed by atoms with Crippen LogP contribution < -0.4 is 4.74 Å². The predicted molar refractivity (Wildman–Crippen MR) is 77.2 cm³/mol. The first-order valence-corrected chi connectivity index (χ1v) is 7.05. The Morgan fingerprint density at radius 3 is 2.57 bits per heavy atom. The van der Waals surface area contributed by atoms with Gasteiger partial charge in [-0.1, -0.05) is 18.2 Å². The number of aliphatic carboxylic acids is 1. The first kappa shape index (κ1) is 15.3. The standard InChI is InChI=1S/C15H20N2O4/c18-14(12-21-13-5-2-1-3-6-13)17-8-4-7-16(9-10-17)11-15(19)20/h1-3,5-6H,4,7-12H2,(H,19,20). The zero-order valence-corrected chi connectivity index (χ0v) is 11.9. The molecule has 0 aromatic heterocycles. The highest BCUT2D eigenvalue weighted by molar-refractivity contribution is 5.77. The van der Waals surface area contributed by atoms with E-state index in [1.165, 1.54) is 0 Å². The van der Waals surface area contributed by atoms with E-state index in [1.54, 1.807) is 4.90 Å². The second-order valence-corrected chi connectivity index (χ2v) is 5.01. The maximum Gasteiger partial charge on any atom is 0.317 e. The molecule has 1 fully saturated rings. The first-order chi connectivity index (χ1) is 10.1. The van der Waals surface area contributed by atoms with Crippen molar-refractivity contribution in [1.82, 2.24) is 9.80 Å². The smallest absolute Gasteiger partial charge is 0.317 e. The van der Waals surface area contributed by atoms with Gasteiger partial charge in [-0.25, -0.2) is 0 Å². The maximum atomic E-state index is 12.1. The normalized spacial score (nSPS) is 16.3. The summed E-state index contributed by atoms with van der Waals surface area (Å²) < 4.78 is 5.45. The minimum atomic E-state index is -0.831. The molecule has 2 rings (SSSR count). The lowest BCUT2D eigenvalue weighted by atomic mass is 10.3. The Kier molecular flexibility index (Phi) is 5.57. The van der Waals surface area contributed by atoms with Crippen molar-refractivity contribution >= 4 is 11.9 Å². The van der Waals surface area contributed by atoms with Gasteiger partial charge < -0.3 is 14.7 Å². The number of hydrogen-bond donors (Lipinski definition) is 1. The van der Waals surface area contributed by atoms with Crippen LogP contribution in [-0.2, 0) is 9.59 Å². The summed E-state index contributed by atoms with van der Waals surface area (Å²) in [6.07, 6.45) is 0.782. The van der Waals surface area contributed by atoms with Gasteiger partial charge in [0.05, 0.1) is 6.54 Å². The SMILES string of the molecule is O=C(O)CN1CCCN(C(=O)COc2ccccc2)CC1. The molecule has 0 radical (unpaired) electrons. The van der Waals surface area contributed by atoms with Crippen molar-refractivity contribution in [3.05, 3.63) is 30.3 Å². The zero-order valence-electron chi connectivity index (χ0n) is 11.9. The van der Waals surface area contributed by atoms with Gasteiger partial charge >= 0.3 is 5.97 Å².